The second-order valence-corrected chi connectivity index (χ2v) is 21.7. The molecular weight excluding hydrogens is 876 g/mol. The summed E-state index contributed by atoms with van der Waals surface area (Å²) < 4.78 is 23.7. The number of hydrogen-bond acceptors (Lipinski definition) is 5. The van der Waals surface area contributed by atoms with Gasteiger partial charge in [-0.25, -0.2) is 4.57 Å². The van der Waals surface area contributed by atoms with Crippen molar-refractivity contribution in [1.29, 1.82) is 0 Å². The Hall–Kier alpha value is -2.32. The first-order valence-electron chi connectivity index (χ1n) is 28.5. The molecule has 9 heteroatoms. The van der Waals surface area contributed by atoms with E-state index in [0.717, 1.165) is 77.0 Å². The fourth-order valence-electron chi connectivity index (χ4n) is 7.89. The van der Waals surface area contributed by atoms with E-state index >= 15 is 0 Å². The molecule has 8 nitrogen and oxygen atoms in total. The highest BCUT2D eigenvalue weighted by Crippen LogP contribution is 2.43. The minimum absolute atomic E-state index is 0.0490. The van der Waals surface area contributed by atoms with E-state index in [1.54, 1.807) is 6.08 Å². The van der Waals surface area contributed by atoms with Crippen molar-refractivity contribution < 1.29 is 32.9 Å². The molecule has 0 aliphatic carbocycles. The Morgan fingerprint density at radius 1 is 0.507 bits per heavy atom. The van der Waals surface area contributed by atoms with Crippen LogP contribution in [0.4, 0.5) is 0 Å². The lowest BCUT2D eigenvalue weighted by Crippen LogP contribution is -2.45. The molecule has 3 unspecified atom stereocenters. The first kappa shape index (κ1) is 66.7. The van der Waals surface area contributed by atoms with Gasteiger partial charge in [0.25, 0.3) is 0 Å². The van der Waals surface area contributed by atoms with Crippen LogP contribution in [-0.2, 0) is 18.4 Å². The van der Waals surface area contributed by atoms with Crippen molar-refractivity contribution in [2.45, 2.75) is 251 Å². The van der Waals surface area contributed by atoms with Crippen molar-refractivity contribution in [3.8, 4) is 0 Å². The zero-order chi connectivity index (χ0) is 50.6. The van der Waals surface area contributed by atoms with Crippen LogP contribution in [0.1, 0.15) is 239 Å². The summed E-state index contributed by atoms with van der Waals surface area (Å²) in [5.41, 5.74) is 0. The number of likely N-dealkylation sites (N-methyl/N-ethyl adjacent to an activating group) is 1. The number of aliphatic hydroxyl groups is 1. The predicted octanol–water partition coefficient (Wildman–Crippen LogP) is 17.3. The number of unbranched alkanes of at least 4 members (excludes halogenated alkanes) is 26. The number of phosphoric acid groups is 1. The first-order valence-corrected chi connectivity index (χ1v) is 30.0. The second kappa shape index (κ2) is 50.6. The Bertz CT molecular complexity index is 1400. The van der Waals surface area contributed by atoms with Crippen molar-refractivity contribution in [3.05, 3.63) is 85.1 Å². The average molecular weight is 987 g/mol. The molecule has 3 atom stereocenters. The van der Waals surface area contributed by atoms with Crippen LogP contribution in [-0.4, -0.2) is 73.4 Å². The molecule has 0 radical (unpaired) electrons. The first-order chi connectivity index (χ1) is 33.5. The topological polar surface area (TPSA) is 105 Å². The number of carbonyl (C=O) groups is 1. The summed E-state index contributed by atoms with van der Waals surface area (Å²) in [4.78, 5) is 23.3. The van der Waals surface area contributed by atoms with Crippen LogP contribution < -0.4 is 5.32 Å². The standard InChI is InChI=1S/C60H109N2O6P/c1-6-8-10-12-14-16-18-20-22-24-26-28-30-32-33-35-37-39-41-43-45-47-49-51-53-59(63)58(57-68-69(65,66)67-56-55-62(3,4)5)61-60(64)54-52-50-48-46-44-42-40-38-36-34-31-29-27-25-23-21-19-17-15-13-11-9-7-2/h9,11,15,17,21,23,27,29,35,37,43,45,51,53,58-59,63H,6-8,10,12-14,16,18-20,22,24-26,28,30-34,36,38-42,44,46-50,52,54-57H2,1-5H3,(H-,61,64,65,66)/p+1/b11-9-,17-15-,23-21-,29-27-,37-35+,45-43+,53-51+. The maximum Gasteiger partial charge on any atom is 0.472 e. The van der Waals surface area contributed by atoms with Crippen LogP contribution >= 0.6 is 7.82 Å². The SMILES string of the molecule is CC/C=C\C/C=C\C/C=C\C/C=C\CCCCCCCCCCCCC(=O)NC(COP(=O)(O)OCC[N+](C)(C)C)C(O)/C=C/CC/C=C/CC/C=C/CCCCCCCCCCCCCCCC. The molecule has 3 N–H and O–H groups in total. The van der Waals surface area contributed by atoms with Crippen LogP contribution in [0.3, 0.4) is 0 Å². The molecule has 0 saturated carbocycles. The van der Waals surface area contributed by atoms with E-state index in [1.807, 2.05) is 27.2 Å². The maximum atomic E-state index is 13.0. The van der Waals surface area contributed by atoms with Gasteiger partial charge in [-0.15, -0.1) is 0 Å². The van der Waals surface area contributed by atoms with Gasteiger partial charge in [0.2, 0.25) is 5.91 Å². The number of amides is 1. The largest absolute Gasteiger partial charge is 0.472 e. The summed E-state index contributed by atoms with van der Waals surface area (Å²) in [6.07, 6.45) is 71.1. The second-order valence-electron chi connectivity index (χ2n) is 20.3. The van der Waals surface area contributed by atoms with Crippen molar-refractivity contribution in [1.82, 2.24) is 5.32 Å². The number of rotatable bonds is 51. The Kier molecular flexibility index (Phi) is 48.9. The van der Waals surface area contributed by atoms with Crippen LogP contribution in [0.5, 0.6) is 0 Å². The molecule has 0 aromatic heterocycles. The maximum absolute atomic E-state index is 13.0. The summed E-state index contributed by atoms with van der Waals surface area (Å²) >= 11 is 0. The fraction of sp³-hybridized carbons (Fsp3) is 0.750. The number of carbonyl (C=O) groups excluding carboxylic acids is 1. The van der Waals surface area contributed by atoms with Crippen molar-refractivity contribution in [2.75, 3.05) is 40.9 Å². The van der Waals surface area contributed by atoms with Crippen LogP contribution in [0.2, 0.25) is 0 Å². The summed E-state index contributed by atoms with van der Waals surface area (Å²) in [6.45, 7) is 4.68. The number of quaternary nitrogens is 1. The van der Waals surface area contributed by atoms with E-state index in [4.69, 9.17) is 9.05 Å². The van der Waals surface area contributed by atoms with E-state index in [2.05, 4.69) is 92.1 Å². The Morgan fingerprint density at radius 2 is 0.884 bits per heavy atom. The third-order valence-corrected chi connectivity index (χ3v) is 13.3. The van der Waals surface area contributed by atoms with E-state index < -0.39 is 20.0 Å². The van der Waals surface area contributed by atoms with Gasteiger partial charge in [-0.05, 0) is 83.5 Å². The molecule has 400 valence electrons. The Morgan fingerprint density at radius 3 is 1.33 bits per heavy atom. The monoisotopic (exact) mass is 986 g/mol. The van der Waals surface area contributed by atoms with E-state index in [9.17, 15) is 19.4 Å². The van der Waals surface area contributed by atoms with Gasteiger partial charge in [0.15, 0.2) is 0 Å². The number of allylic oxidation sites excluding steroid dienone is 13. The molecule has 0 aliphatic rings. The number of nitrogens with one attached hydrogen (secondary N) is 1. The lowest BCUT2D eigenvalue weighted by molar-refractivity contribution is -0.870. The molecule has 0 aliphatic heterocycles. The molecule has 0 rings (SSSR count). The smallest absolute Gasteiger partial charge is 0.387 e. The average Bonchev–Trinajstić information content (AvgIpc) is 3.31. The third-order valence-electron chi connectivity index (χ3n) is 12.3. The molecule has 0 saturated heterocycles. The fourth-order valence-corrected chi connectivity index (χ4v) is 8.62. The molecule has 0 spiro atoms. The summed E-state index contributed by atoms with van der Waals surface area (Å²) in [5.74, 6) is -0.198. The molecule has 0 aromatic carbocycles. The zero-order valence-corrected chi connectivity index (χ0v) is 46.4. The Labute approximate surface area is 426 Å². The summed E-state index contributed by atoms with van der Waals surface area (Å²) in [6, 6.07) is -0.878. The number of nitrogens with zero attached hydrogens (tertiary/aromatic N) is 1. The number of phosphoric ester groups is 1. The molecular formula is C60H110N2O6P+. The minimum atomic E-state index is -4.37. The van der Waals surface area contributed by atoms with Gasteiger partial charge in [0, 0.05) is 6.42 Å². The van der Waals surface area contributed by atoms with Gasteiger partial charge < -0.3 is 19.8 Å². The molecule has 1 amide bonds. The number of aliphatic hydroxyl groups excluding tert-OH is 1. The third kappa shape index (κ3) is 53.3. The van der Waals surface area contributed by atoms with Gasteiger partial charge in [-0.1, -0.05) is 234 Å². The van der Waals surface area contributed by atoms with E-state index in [1.165, 1.54) is 141 Å². The highest BCUT2D eigenvalue weighted by atomic mass is 31.2. The molecule has 69 heavy (non-hydrogen) atoms. The van der Waals surface area contributed by atoms with Gasteiger partial charge in [0.05, 0.1) is 39.9 Å². The summed E-state index contributed by atoms with van der Waals surface area (Å²) in [5, 5.41) is 13.9. The highest BCUT2D eigenvalue weighted by Gasteiger charge is 2.27. The highest BCUT2D eigenvalue weighted by molar-refractivity contribution is 7.47. The lowest BCUT2D eigenvalue weighted by atomic mass is 10.0. The van der Waals surface area contributed by atoms with Crippen molar-refractivity contribution in [3.63, 3.8) is 0 Å². The predicted molar refractivity (Wildman–Crippen MR) is 299 cm³/mol. The normalized spacial score (nSPS) is 14.6. The minimum Gasteiger partial charge on any atom is -0.387 e. The molecule has 0 aromatic rings. The van der Waals surface area contributed by atoms with Crippen LogP contribution in [0.25, 0.3) is 0 Å². The van der Waals surface area contributed by atoms with Gasteiger partial charge in [-0.3, -0.25) is 13.8 Å². The van der Waals surface area contributed by atoms with Gasteiger partial charge in [0.1, 0.15) is 13.2 Å². The van der Waals surface area contributed by atoms with Crippen LogP contribution in [0.15, 0.2) is 85.1 Å². The van der Waals surface area contributed by atoms with Crippen molar-refractivity contribution >= 4 is 13.7 Å². The molecule has 0 bridgehead atoms. The lowest BCUT2D eigenvalue weighted by Gasteiger charge is -2.25. The zero-order valence-electron chi connectivity index (χ0n) is 45.5. The van der Waals surface area contributed by atoms with Crippen molar-refractivity contribution in [2.24, 2.45) is 0 Å². The summed E-state index contributed by atoms with van der Waals surface area (Å²) in [7, 11) is 1.54. The van der Waals surface area contributed by atoms with Gasteiger partial charge in [-0.2, -0.15) is 0 Å². The molecule has 0 heterocycles. The molecule has 0 fully saturated rings. The quantitative estimate of drug-likeness (QED) is 0.0243. The Balaban J connectivity index is 4.32. The van der Waals surface area contributed by atoms with Gasteiger partial charge >= 0.3 is 7.82 Å². The van der Waals surface area contributed by atoms with E-state index in [0.29, 0.717) is 17.4 Å². The van der Waals surface area contributed by atoms with E-state index in [-0.39, 0.29) is 19.1 Å². The van der Waals surface area contributed by atoms with Crippen LogP contribution in [0, 0.1) is 0 Å². The number of hydrogen-bond donors (Lipinski definition) is 3.